The Kier molecular flexibility index (Phi) is 4.97. The lowest BCUT2D eigenvalue weighted by atomic mass is 9.56. The zero-order chi connectivity index (χ0) is 18.1. The first-order chi connectivity index (χ1) is 12.7. The predicted octanol–water partition coefficient (Wildman–Crippen LogP) is 4.97. The number of carbonyl (C=O) groups excluding carboxylic acids is 2. The molecule has 2 fully saturated rings. The second-order valence-electron chi connectivity index (χ2n) is 8.06. The Hall–Kier alpha value is -1.90. The monoisotopic (exact) mass is 352 g/mol. The minimum absolute atomic E-state index is 0.134. The van der Waals surface area contributed by atoms with E-state index >= 15 is 0 Å². The number of ketones is 1. The zero-order valence-electron chi connectivity index (χ0n) is 15.6. The van der Waals surface area contributed by atoms with Crippen molar-refractivity contribution in [2.75, 3.05) is 7.11 Å². The van der Waals surface area contributed by atoms with Crippen molar-refractivity contribution in [1.29, 1.82) is 0 Å². The normalized spacial score (nSPS) is 31.0. The molecule has 26 heavy (non-hydrogen) atoms. The fraction of sp³-hybridized carbons (Fsp3) is 0.565. The Bertz CT molecular complexity index is 718. The number of hydrogen-bond donors (Lipinski definition) is 0. The highest BCUT2D eigenvalue weighted by Crippen LogP contribution is 2.53. The second kappa shape index (κ2) is 7.38. The number of carbonyl (C=O) groups is 2. The van der Waals surface area contributed by atoms with Gasteiger partial charge < -0.3 is 4.74 Å². The Morgan fingerprint density at radius 2 is 1.42 bits per heavy atom. The third kappa shape index (κ3) is 2.91. The molecule has 1 aromatic rings. The van der Waals surface area contributed by atoms with Crippen molar-refractivity contribution < 1.29 is 14.3 Å². The molecule has 0 aromatic heterocycles. The molecule has 0 spiro atoms. The fourth-order valence-electron chi connectivity index (χ4n) is 5.76. The van der Waals surface area contributed by atoms with Crippen molar-refractivity contribution >= 4 is 11.8 Å². The van der Waals surface area contributed by atoms with Crippen molar-refractivity contribution in [2.24, 2.45) is 23.7 Å². The Balaban J connectivity index is 1.82. The molecule has 3 aliphatic carbocycles. The van der Waals surface area contributed by atoms with Crippen LogP contribution in [-0.4, -0.2) is 18.9 Å². The van der Waals surface area contributed by atoms with E-state index in [2.05, 4.69) is 0 Å². The van der Waals surface area contributed by atoms with Crippen LogP contribution in [0.4, 0.5) is 0 Å². The largest absolute Gasteiger partial charge is 0.469 e. The van der Waals surface area contributed by atoms with Gasteiger partial charge in [-0.15, -0.1) is 0 Å². The molecule has 0 N–H and O–H groups in total. The van der Waals surface area contributed by atoms with E-state index in [1.54, 1.807) is 0 Å². The second-order valence-corrected chi connectivity index (χ2v) is 8.06. The van der Waals surface area contributed by atoms with E-state index in [9.17, 15) is 9.59 Å². The molecule has 0 amide bonds. The number of hydrogen-bond acceptors (Lipinski definition) is 3. The molecule has 3 aliphatic rings. The van der Waals surface area contributed by atoms with Crippen LogP contribution >= 0.6 is 0 Å². The number of esters is 1. The van der Waals surface area contributed by atoms with Crippen LogP contribution in [-0.2, 0) is 9.53 Å². The van der Waals surface area contributed by atoms with Gasteiger partial charge in [0.05, 0.1) is 13.0 Å². The molecular weight excluding hydrogens is 324 g/mol. The summed E-state index contributed by atoms with van der Waals surface area (Å²) in [5.41, 5.74) is 3.76. The van der Waals surface area contributed by atoms with Crippen LogP contribution in [0.1, 0.15) is 61.7 Å². The lowest BCUT2D eigenvalue weighted by Crippen LogP contribution is -2.47. The van der Waals surface area contributed by atoms with Crippen molar-refractivity contribution in [2.45, 2.75) is 51.4 Å². The summed E-state index contributed by atoms with van der Waals surface area (Å²) in [6, 6.07) is 9.53. The Morgan fingerprint density at radius 3 is 2.00 bits per heavy atom. The van der Waals surface area contributed by atoms with Crippen LogP contribution in [0.15, 0.2) is 41.5 Å². The molecule has 0 unspecified atom stereocenters. The van der Waals surface area contributed by atoms with Crippen molar-refractivity contribution in [1.82, 2.24) is 0 Å². The van der Waals surface area contributed by atoms with E-state index in [1.807, 2.05) is 30.3 Å². The van der Waals surface area contributed by atoms with Gasteiger partial charge in [-0.1, -0.05) is 54.3 Å². The predicted molar refractivity (Wildman–Crippen MR) is 101 cm³/mol. The maximum absolute atomic E-state index is 13.5. The SMILES string of the molecule is COC(=O)[C@H]1[C@@H](C(=O)c2ccccc2)[C@@H]2CCCCC2=C2CCCC[C@H]21. The van der Waals surface area contributed by atoms with Gasteiger partial charge >= 0.3 is 5.97 Å². The van der Waals surface area contributed by atoms with Gasteiger partial charge in [0.2, 0.25) is 0 Å². The molecule has 138 valence electrons. The molecule has 4 atom stereocenters. The van der Waals surface area contributed by atoms with Crippen LogP contribution in [0.25, 0.3) is 0 Å². The number of Topliss-reactive ketones (excluding diaryl/α,β-unsaturated/α-hetero) is 1. The smallest absolute Gasteiger partial charge is 0.310 e. The molecule has 0 aliphatic heterocycles. The highest BCUT2D eigenvalue weighted by Gasteiger charge is 2.51. The summed E-state index contributed by atoms with van der Waals surface area (Å²) in [5, 5.41) is 0. The molecule has 0 bridgehead atoms. The maximum Gasteiger partial charge on any atom is 0.310 e. The van der Waals surface area contributed by atoms with E-state index in [4.69, 9.17) is 4.74 Å². The summed E-state index contributed by atoms with van der Waals surface area (Å²) in [4.78, 5) is 26.4. The van der Waals surface area contributed by atoms with Gasteiger partial charge in [0.25, 0.3) is 0 Å². The molecule has 1 aromatic carbocycles. The van der Waals surface area contributed by atoms with E-state index in [-0.39, 0.29) is 35.4 Å². The summed E-state index contributed by atoms with van der Waals surface area (Å²) >= 11 is 0. The van der Waals surface area contributed by atoms with E-state index < -0.39 is 0 Å². The average molecular weight is 352 g/mol. The van der Waals surface area contributed by atoms with Crippen LogP contribution in [0, 0.1) is 23.7 Å². The minimum Gasteiger partial charge on any atom is -0.469 e. The summed E-state index contributed by atoms with van der Waals surface area (Å²) in [6.07, 6.45) is 9.00. The number of benzene rings is 1. The molecule has 0 radical (unpaired) electrons. The topological polar surface area (TPSA) is 43.4 Å². The third-order valence-corrected chi connectivity index (χ3v) is 6.82. The van der Waals surface area contributed by atoms with Gasteiger partial charge in [-0.2, -0.15) is 0 Å². The first-order valence-corrected chi connectivity index (χ1v) is 10.1. The molecule has 4 rings (SSSR count). The summed E-state index contributed by atoms with van der Waals surface area (Å²) in [7, 11) is 1.47. The van der Waals surface area contributed by atoms with Gasteiger partial charge in [0.15, 0.2) is 5.78 Å². The highest BCUT2D eigenvalue weighted by atomic mass is 16.5. The molecule has 2 saturated carbocycles. The molecule has 3 heteroatoms. The van der Waals surface area contributed by atoms with Gasteiger partial charge in [-0.3, -0.25) is 9.59 Å². The number of allylic oxidation sites excluding steroid dienone is 2. The molecule has 0 heterocycles. The van der Waals surface area contributed by atoms with E-state index in [0.717, 1.165) is 44.1 Å². The van der Waals surface area contributed by atoms with Gasteiger partial charge in [0.1, 0.15) is 0 Å². The summed E-state index contributed by atoms with van der Waals surface area (Å²) in [6.45, 7) is 0. The average Bonchev–Trinajstić information content (AvgIpc) is 2.72. The Labute approximate surface area is 155 Å². The zero-order valence-corrected chi connectivity index (χ0v) is 15.6. The van der Waals surface area contributed by atoms with Gasteiger partial charge in [0, 0.05) is 11.5 Å². The number of fused-ring (bicyclic) bond motifs is 2. The van der Waals surface area contributed by atoms with Crippen LogP contribution in [0.5, 0.6) is 0 Å². The fourth-order valence-corrected chi connectivity index (χ4v) is 5.76. The minimum atomic E-state index is -0.310. The lowest BCUT2D eigenvalue weighted by Gasteiger charge is -2.47. The highest BCUT2D eigenvalue weighted by molar-refractivity contribution is 6.00. The van der Waals surface area contributed by atoms with E-state index in [1.165, 1.54) is 31.1 Å². The van der Waals surface area contributed by atoms with Crippen LogP contribution < -0.4 is 0 Å². The number of ether oxygens (including phenoxy) is 1. The molecule has 0 saturated heterocycles. The summed E-state index contributed by atoms with van der Waals surface area (Å²) in [5.74, 6) is -0.187. The van der Waals surface area contributed by atoms with Crippen LogP contribution in [0.2, 0.25) is 0 Å². The lowest BCUT2D eigenvalue weighted by molar-refractivity contribution is -0.150. The van der Waals surface area contributed by atoms with Crippen molar-refractivity contribution in [3.8, 4) is 0 Å². The van der Waals surface area contributed by atoms with Gasteiger partial charge in [-0.05, 0) is 50.4 Å². The molecular formula is C23H28O3. The van der Waals surface area contributed by atoms with Crippen molar-refractivity contribution in [3.05, 3.63) is 47.0 Å². The quantitative estimate of drug-likeness (QED) is 0.438. The van der Waals surface area contributed by atoms with Crippen molar-refractivity contribution in [3.63, 3.8) is 0 Å². The first kappa shape index (κ1) is 17.5. The standard InChI is InChI=1S/C23H28O3/c1-26-23(25)21-19-14-8-6-12-17(19)16-11-5-7-13-18(16)20(21)22(24)15-9-3-2-4-10-15/h2-4,9-10,18-21H,5-8,11-14H2,1H3/t18-,19-,20+,21-/m1/s1. The number of rotatable bonds is 3. The maximum atomic E-state index is 13.5. The third-order valence-electron chi connectivity index (χ3n) is 6.82. The van der Waals surface area contributed by atoms with E-state index in [0.29, 0.717) is 0 Å². The summed E-state index contributed by atoms with van der Waals surface area (Å²) < 4.78 is 5.22. The van der Waals surface area contributed by atoms with Gasteiger partial charge in [-0.25, -0.2) is 0 Å². The molecule has 3 nitrogen and oxygen atoms in total. The van der Waals surface area contributed by atoms with Crippen LogP contribution in [0.3, 0.4) is 0 Å². The Morgan fingerprint density at radius 1 is 0.846 bits per heavy atom. The number of methoxy groups -OCH3 is 1. The first-order valence-electron chi connectivity index (χ1n) is 10.1.